The second kappa shape index (κ2) is 5.86. The molecule has 0 saturated heterocycles. The van der Waals surface area contributed by atoms with Crippen LogP contribution in [0, 0.1) is 0 Å². The molecule has 0 bridgehead atoms. The van der Waals surface area contributed by atoms with Gasteiger partial charge < -0.3 is 15.8 Å². The number of ether oxygens (including phenoxy) is 1. The largest absolute Gasteiger partial charge is 0.497 e. The summed E-state index contributed by atoms with van der Waals surface area (Å²) in [7, 11) is 1.66. The zero-order chi connectivity index (χ0) is 12.8. The summed E-state index contributed by atoms with van der Waals surface area (Å²) < 4.78 is 5.11. The number of hydrogen-bond donors (Lipinski definition) is 2. The van der Waals surface area contributed by atoms with E-state index in [1.165, 1.54) is 11.8 Å². The van der Waals surface area contributed by atoms with Gasteiger partial charge >= 0.3 is 0 Å². The van der Waals surface area contributed by atoms with Crippen molar-refractivity contribution >= 4 is 11.6 Å². The summed E-state index contributed by atoms with van der Waals surface area (Å²) in [6, 6.07) is 8.01. The maximum Gasteiger partial charge on any atom is 0.144 e. The van der Waals surface area contributed by atoms with E-state index in [1.54, 1.807) is 13.3 Å². The lowest BCUT2D eigenvalue weighted by Gasteiger charge is -2.06. The normalized spacial score (nSPS) is 10.1. The molecule has 94 valence electrons. The minimum absolute atomic E-state index is 0.427. The van der Waals surface area contributed by atoms with Gasteiger partial charge in [0, 0.05) is 6.54 Å². The predicted molar refractivity (Wildman–Crippen MR) is 71.6 cm³/mol. The van der Waals surface area contributed by atoms with Crippen molar-refractivity contribution in [2.75, 3.05) is 24.7 Å². The minimum Gasteiger partial charge on any atom is -0.497 e. The average Bonchev–Trinajstić information content (AvgIpc) is 2.42. The highest BCUT2D eigenvalue weighted by molar-refractivity contribution is 5.36. The summed E-state index contributed by atoms with van der Waals surface area (Å²) >= 11 is 0. The molecule has 1 aromatic heterocycles. The van der Waals surface area contributed by atoms with E-state index in [2.05, 4.69) is 27.4 Å². The summed E-state index contributed by atoms with van der Waals surface area (Å²) in [6.45, 7) is 0.797. The van der Waals surface area contributed by atoms with Gasteiger partial charge in [-0.25, -0.2) is 9.97 Å². The average molecular weight is 244 g/mol. The highest BCUT2D eigenvalue weighted by atomic mass is 16.5. The van der Waals surface area contributed by atoms with Crippen LogP contribution in [0.1, 0.15) is 5.56 Å². The van der Waals surface area contributed by atoms with E-state index in [4.69, 9.17) is 10.5 Å². The van der Waals surface area contributed by atoms with E-state index in [-0.39, 0.29) is 0 Å². The zero-order valence-corrected chi connectivity index (χ0v) is 10.3. The fourth-order valence-electron chi connectivity index (χ4n) is 1.56. The first-order valence-electron chi connectivity index (χ1n) is 5.72. The second-order valence-corrected chi connectivity index (χ2v) is 3.85. The molecule has 18 heavy (non-hydrogen) atoms. The van der Waals surface area contributed by atoms with Gasteiger partial charge in [-0.2, -0.15) is 0 Å². The molecule has 1 aromatic carbocycles. The molecule has 5 nitrogen and oxygen atoms in total. The first-order valence-corrected chi connectivity index (χ1v) is 5.72. The first kappa shape index (κ1) is 12.2. The summed E-state index contributed by atoms with van der Waals surface area (Å²) in [5, 5.41) is 3.19. The Morgan fingerprint density at radius 2 is 1.94 bits per heavy atom. The Morgan fingerprint density at radius 3 is 2.56 bits per heavy atom. The number of nitrogens with one attached hydrogen (secondary N) is 1. The molecule has 0 amide bonds. The number of rotatable bonds is 5. The number of hydrogen-bond acceptors (Lipinski definition) is 5. The maximum absolute atomic E-state index is 5.46. The van der Waals surface area contributed by atoms with E-state index in [1.807, 2.05) is 12.1 Å². The number of nitrogens with zero attached hydrogens (tertiary/aromatic N) is 2. The van der Waals surface area contributed by atoms with Gasteiger partial charge in [-0.05, 0) is 24.1 Å². The Hall–Kier alpha value is -2.30. The van der Waals surface area contributed by atoms with Crippen molar-refractivity contribution in [1.82, 2.24) is 9.97 Å². The Labute approximate surface area is 106 Å². The van der Waals surface area contributed by atoms with Gasteiger partial charge in [0.2, 0.25) is 0 Å². The van der Waals surface area contributed by atoms with Crippen LogP contribution in [-0.4, -0.2) is 23.6 Å². The second-order valence-electron chi connectivity index (χ2n) is 3.85. The van der Waals surface area contributed by atoms with Crippen LogP contribution >= 0.6 is 0 Å². The summed E-state index contributed by atoms with van der Waals surface area (Å²) in [4.78, 5) is 8.08. The zero-order valence-electron chi connectivity index (χ0n) is 10.3. The summed E-state index contributed by atoms with van der Waals surface area (Å²) in [5.41, 5.74) is 6.70. The van der Waals surface area contributed by atoms with Crippen molar-refractivity contribution in [3.8, 4) is 5.75 Å². The smallest absolute Gasteiger partial charge is 0.144 e. The lowest BCUT2D eigenvalue weighted by atomic mass is 10.1. The number of methoxy groups -OCH3 is 1. The number of benzene rings is 1. The molecule has 0 aliphatic rings. The third-order valence-electron chi connectivity index (χ3n) is 2.55. The topological polar surface area (TPSA) is 73.1 Å². The molecule has 0 aliphatic heterocycles. The third kappa shape index (κ3) is 3.35. The van der Waals surface area contributed by atoms with Crippen LogP contribution in [-0.2, 0) is 6.42 Å². The van der Waals surface area contributed by atoms with E-state index in [0.29, 0.717) is 5.82 Å². The number of nitrogen functional groups attached to an aromatic ring is 1. The Bertz CT molecular complexity index is 481. The molecule has 0 aliphatic carbocycles. The molecule has 0 atom stereocenters. The van der Waals surface area contributed by atoms with Crippen LogP contribution < -0.4 is 15.8 Å². The van der Waals surface area contributed by atoms with Crippen molar-refractivity contribution in [2.45, 2.75) is 6.42 Å². The predicted octanol–water partition coefficient (Wildman–Crippen LogP) is 1.72. The van der Waals surface area contributed by atoms with Crippen LogP contribution in [0.15, 0.2) is 36.7 Å². The molecule has 0 unspecified atom stereocenters. The monoisotopic (exact) mass is 244 g/mol. The standard InChI is InChI=1S/C13H16N4O/c1-18-11-4-2-10(3-5-11)6-7-15-13-9-16-12(14)8-17-13/h2-5,8-9H,6-7H2,1H3,(H2,14,16)(H,15,17). The molecular formula is C13H16N4O. The van der Waals surface area contributed by atoms with Crippen LogP contribution in [0.2, 0.25) is 0 Å². The van der Waals surface area contributed by atoms with Crippen molar-refractivity contribution < 1.29 is 4.74 Å². The fourth-order valence-corrected chi connectivity index (χ4v) is 1.56. The van der Waals surface area contributed by atoms with Crippen LogP contribution in [0.3, 0.4) is 0 Å². The molecule has 0 radical (unpaired) electrons. The Balaban J connectivity index is 1.82. The van der Waals surface area contributed by atoms with Gasteiger partial charge in [-0.15, -0.1) is 0 Å². The van der Waals surface area contributed by atoms with Gasteiger partial charge in [-0.1, -0.05) is 12.1 Å². The first-order chi connectivity index (χ1) is 8.78. The van der Waals surface area contributed by atoms with E-state index in [0.717, 1.165) is 24.5 Å². The summed E-state index contributed by atoms with van der Waals surface area (Å²) in [6.07, 6.45) is 4.08. The molecule has 5 heteroatoms. The van der Waals surface area contributed by atoms with Gasteiger partial charge in [0.25, 0.3) is 0 Å². The molecule has 2 rings (SSSR count). The lowest BCUT2D eigenvalue weighted by Crippen LogP contribution is -2.07. The maximum atomic E-state index is 5.46. The van der Waals surface area contributed by atoms with Gasteiger partial charge in [0.05, 0.1) is 19.5 Å². The van der Waals surface area contributed by atoms with Gasteiger partial charge in [0.1, 0.15) is 17.4 Å². The third-order valence-corrected chi connectivity index (χ3v) is 2.55. The minimum atomic E-state index is 0.427. The Morgan fingerprint density at radius 1 is 1.17 bits per heavy atom. The van der Waals surface area contributed by atoms with Crippen molar-refractivity contribution in [1.29, 1.82) is 0 Å². The van der Waals surface area contributed by atoms with E-state index < -0.39 is 0 Å². The number of nitrogens with two attached hydrogens (primary N) is 1. The molecule has 0 fully saturated rings. The molecule has 3 N–H and O–H groups in total. The number of anilines is 2. The quantitative estimate of drug-likeness (QED) is 0.837. The number of aromatic nitrogens is 2. The van der Waals surface area contributed by atoms with Crippen LogP contribution in [0.25, 0.3) is 0 Å². The highest BCUT2D eigenvalue weighted by Gasteiger charge is 1.96. The molecular weight excluding hydrogens is 228 g/mol. The molecule has 2 aromatic rings. The van der Waals surface area contributed by atoms with E-state index in [9.17, 15) is 0 Å². The lowest BCUT2D eigenvalue weighted by molar-refractivity contribution is 0.414. The van der Waals surface area contributed by atoms with Crippen molar-refractivity contribution in [3.63, 3.8) is 0 Å². The van der Waals surface area contributed by atoms with Crippen molar-refractivity contribution in [2.24, 2.45) is 0 Å². The van der Waals surface area contributed by atoms with Crippen molar-refractivity contribution in [3.05, 3.63) is 42.2 Å². The van der Waals surface area contributed by atoms with Crippen LogP contribution in [0.4, 0.5) is 11.6 Å². The van der Waals surface area contributed by atoms with Gasteiger partial charge in [0.15, 0.2) is 0 Å². The molecule has 1 heterocycles. The highest BCUT2D eigenvalue weighted by Crippen LogP contribution is 2.11. The molecule has 0 saturated carbocycles. The molecule has 0 spiro atoms. The summed E-state index contributed by atoms with van der Waals surface area (Å²) in [5.74, 6) is 2.03. The van der Waals surface area contributed by atoms with E-state index >= 15 is 0 Å². The fraction of sp³-hybridized carbons (Fsp3) is 0.231. The Kier molecular flexibility index (Phi) is 3.96. The van der Waals surface area contributed by atoms with Crippen LogP contribution in [0.5, 0.6) is 5.75 Å². The van der Waals surface area contributed by atoms with Gasteiger partial charge in [-0.3, -0.25) is 0 Å². The SMILES string of the molecule is COc1ccc(CCNc2cnc(N)cn2)cc1.